The minimum absolute atomic E-state index is 0.0271. The number of anilines is 1. The zero-order valence-electron chi connectivity index (χ0n) is 11.0. The fourth-order valence-corrected chi connectivity index (χ4v) is 2.11. The summed E-state index contributed by atoms with van der Waals surface area (Å²) in [6.07, 6.45) is 3.21. The highest BCUT2D eigenvalue weighted by atomic mass is 35.5. The summed E-state index contributed by atoms with van der Waals surface area (Å²) in [5.41, 5.74) is 0.466. The Kier molecular flexibility index (Phi) is 4.63. The highest BCUT2D eigenvalue weighted by molar-refractivity contribution is 6.31. The van der Waals surface area contributed by atoms with Gasteiger partial charge in [0.05, 0.1) is 11.2 Å². The van der Waals surface area contributed by atoms with Crippen molar-refractivity contribution in [1.82, 2.24) is 0 Å². The van der Waals surface area contributed by atoms with Crippen LogP contribution in [0.15, 0.2) is 41.0 Å². The molecule has 0 fully saturated rings. The standard InChI is InChI=1S/C14H15ClN2O3/c1-10(4-6-12-3-2-8-20-12)16-13-9-11(15)5-7-14(13)17(18)19/h2-3,5,7-10,16H,4,6H2,1H3. The molecule has 0 bridgehead atoms. The van der Waals surface area contributed by atoms with Gasteiger partial charge in [0, 0.05) is 23.6 Å². The van der Waals surface area contributed by atoms with Gasteiger partial charge in [-0.1, -0.05) is 11.6 Å². The maximum absolute atomic E-state index is 11.0. The molecule has 2 aromatic rings. The van der Waals surface area contributed by atoms with Crippen molar-refractivity contribution in [2.45, 2.75) is 25.8 Å². The number of aryl methyl sites for hydroxylation is 1. The van der Waals surface area contributed by atoms with Gasteiger partial charge >= 0.3 is 0 Å². The quantitative estimate of drug-likeness (QED) is 0.638. The van der Waals surface area contributed by atoms with Crippen molar-refractivity contribution in [1.29, 1.82) is 0 Å². The van der Waals surface area contributed by atoms with Gasteiger partial charge in [0.25, 0.3) is 5.69 Å². The summed E-state index contributed by atoms with van der Waals surface area (Å²) in [4.78, 5) is 10.5. The number of halogens is 1. The van der Waals surface area contributed by atoms with Crippen molar-refractivity contribution in [2.24, 2.45) is 0 Å². The van der Waals surface area contributed by atoms with Crippen molar-refractivity contribution in [3.05, 3.63) is 57.5 Å². The van der Waals surface area contributed by atoms with Gasteiger partial charge in [0.1, 0.15) is 11.4 Å². The van der Waals surface area contributed by atoms with E-state index < -0.39 is 4.92 Å². The van der Waals surface area contributed by atoms with Gasteiger partial charge in [0.15, 0.2) is 0 Å². The Morgan fingerprint density at radius 1 is 1.45 bits per heavy atom. The van der Waals surface area contributed by atoms with E-state index in [0.717, 1.165) is 18.6 Å². The molecule has 5 nitrogen and oxygen atoms in total. The summed E-state index contributed by atoms with van der Waals surface area (Å²) >= 11 is 5.89. The minimum Gasteiger partial charge on any atom is -0.469 e. The molecule has 0 saturated heterocycles. The van der Waals surface area contributed by atoms with Crippen LogP contribution >= 0.6 is 11.6 Å². The molecule has 0 aliphatic heterocycles. The molecule has 0 spiro atoms. The van der Waals surface area contributed by atoms with Crippen molar-refractivity contribution < 1.29 is 9.34 Å². The second-order valence-electron chi connectivity index (χ2n) is 4.58. The maximum Gasteiger partial charge on any atom is 0.292 e. The van der Waals surface area contributed by atoms with E-state index in [9.17, 15) is 10.1 Å². The number of furan rings is 1. The molecule has 2 rings (SSSR count). The van der Waals surface area contributed by atoms with E-state index in [2.05, 4.69) is 5.32 Å². The zero-order valence-corrected chi connectivity index (χ0v) is 11.8. The number of nitrogens with zero attached hydrogens (tertiary/aromatic N) is 1. The van der Waals surface area contributed by atoms with E-state index in [0.29, 0.717) is 10.7 Å². The van der Waals surface area contributed by atoms with E-state index >= 15 is 0 Å². The van der Waals surface area contributed by atoms with E-state index in [4.69, 9.17) is 16.0 Å². The Bertz CT molecular complexity index is 584. The second kappa shape index (κ2) is 6.43. The minimum atomic E-state index is -0.419. The largest absolute Gasteiger partial charge is 0.469 e. The van der Waals surface area contributed by atoms with E-state index in [-0.39, 0.29) is 11.7 Å². The number of hydrogen-bond acceptors (Lipinski definition) is 4. The van der Waals surface area contributed by atoms with Crippen LogP contribution in [0.2, 0.25) is 5.02 Å². The van der Waals surface area contributed by atoms with E-state index in [1.807, 2.05) is 19.1 Å². The average molecular weight is 295 g/mol. The number of nitrogens with one attached hydrogen (secondary N) is 1. The highest BCUT2D eigenvalue weighted by Gasteiger charge is 2.15. The van der Waals surface area contributed by atoms with Crippen LogP contribution in [-0.4, -0.2) is 11.0 Å². The van der Waals surface area contributed by atoms with Crippen molar-refractivity contribution in [3.8, 4) is 0 Å². The van der Waals surface area contributed by atoms with Gasteiger partial charge in [-0.15, -0.1) is 0 Å². The Morgan fingerprint density at radius 2 is 2.25 bits per heavy atom. The molecule has 0 aliphatic rings. The van der Waals surface area contributed by atoms with Crippen LogP contribution < -0.4 is 5.32 Å². The number of nitro groups is 1. The van der Waals surface area contributed by atoms with Crippen LogP contribution in [-0.2, 0) is 6.42 Å². The first kappa shape index (κ1) is 14.4. The number of hydrogen-bond donors (Lipinski definition) is 1. The highest BCUT2D eigenvalue weighted by Crippen LogP contribution is 2.28. The van der Waals surface area contributed by atoms with Gasteiger partial charge in [-0.25, -0.2) is 0 Å². The zero-order chi connectivity index (χ0) is 14.5. The average Bonchev–Trinajstić information content (AvgIpc) is 2.89. The molecule has 0 amide bonds. The lowest BCUT2D eigenvalue weighted by atomic mass is 10.1. The van der Waals surface area contributed by atoms with Gasteiger partial charge in [0.2, 0.25) is 0 Å². The van der Waals surface area contributed by atoms with Gasteiger partial charge < -0.3 is 9.73 Å². The molecule has 20 heavy (non-hydrogen) atoms. The Hall–Kier alpha value is -2.01. The molecule has 6 heteroatoms. The van der Waals surface area contributed by atoms with Crippen molar-refractivity contribution in [2.75, 3.05) is 5.32 Å². The molecule has 106 valence electrons. The van der Waals surface area contributed by atoms with E-state index in [1.165, 1.54) is 12.1 Å². The lowest BCUT2D eigenvalue weighted by Gasteiger charge is -2.14. The number of rotatable bonds is 6. The van der Waals surface area contributed by atoms with Crippen LogP contribution in [0.1, 0.15) is 19.1 Å². The monoisotopic (exact) mass is 294 g/mol. The third kappa shape index (κ3) is 3.74. The number of nitro benzene ring substituents is 1. The Labute approximate surface area is 121 Å². The second-order valence-corrected chi connectivity index (χ2v) is 5.02. The van der Waals surface area contributed by atoms with E-state index in [1.54, 1.807) is 12.3 Å². The van der Waals surface area contributed by atoms with Crippen molar-refractivity contribution >= 4 is 23.0 Å². The molecular formula is C14H15ClN2O3. The topological polar surface area (TPSA) is 68.3 Å². The molecule has 1 aromatic carbocycles. The summed E-state index contributed by atoms with van der Waals surface area (Å²) in [6, 6.07) is 8.31. The first-order valence-corrected chi connectivity index (χ1v) is 6.67. The molecule has 0 aliphatic carbocycles. The molecule has 0 radical (unpaired) electrons. The molecule has 1 aromatic heterocycles. The summed E-state index contributed by atoms with van der Waals surface area (Å²) in [6.45, 7) is 1.97. The first-order valence-electron chi connectivity index (χ1n) is 6.29. The third-order valence-electron chi connectivity index (χ3n) is 2.96. The molecule has 0 saturated carbocycles. The fourth-order valence-electron chi connectivity index (χ4n) is 1.93. The predicted octanol–water partition coefficient (Wildman–Crippen LogP) is 4.27. The predicted molar refractivity (Wildman–Crippen MR) is 78.2 cm³/mol. The lowest BCUT2D eigenvalue weighted by Crippen LogP contribution is -2.16. The fraction of sp³-hybridized carbons (Fsp3) is 0.286. The van der Waals surface area contributed by atoms with Gasteiger partial charge in [-0.2, -0.15) is 0 Å². The van der Waals surface area contributed by atoms with Gasteiger partial charge in [-0.05, 0) is 37.6 Å². The normalized spacial score (nSPS) is 12.1. The summed E-state index contributed by atoms with van der Waals surface area (Å²) in [7, 11) is 0. The summed E-state index contributed by atoms with van der Waals surface area (Å²) in [5.74, 6) is 0.902. The number of benzene rings is 1. The van der Waals surface area contributed by atoms with Crippen LogP contribution in [0.3, 0.4) is 0 Å². The Morgan fingerprint density at radius 3 is 2.90 bits per heavy atom. The van der Waals surface area contributed by atoms with Crippen LogP contribution in [0, 0.1) is 10.1 Å². The van der Waals surface area contributed by atoms with Crippen LogP contribution in [0.5, 0.6) is 0 Å². The summed E-state index contributed by atoms with van der Waals surface area (Å²) < 4.78 is 5.26. The smallest absolute Gasteiger partial charge is 0.292 e. The molecule has 1 heterocycles. The van der Waals surface area contributed by atoms with Gasteiger partial charge in [-0.3, -0.25) is 10.1 Å². The third-order valence-corrected chi connectivity index (χ3v) is 3.20. The molecule has 1 N–H and O–H groups in total. The van der Waals surface area contributed by atoms with Crippen LogP contribution in [0.4, 0.5) is 11.4 Å². The molecular weight excluding hydrogens is 280 g/mol. The Balaban J connectivity index is 2.01. The first-order chi connectivity index (χ1) is 9.56. The molecule has 1 unspecified atom stereocenters. The SMILES string of the molecule is CC(CCc1ccco1)Nc1cc(Cl)ccc1[N+](=O)[O-]. The lowest BCUT2D eigenvalue weighted by molar-refractivity contribution is -0.384. The maximum atomic E-state index is 11.0. The summed E-state index contributed by atoms with van der Waals surface area (Å²) in [5, 5.41) is 14.6. The molecule has 1 atom stereocenters. The van der Waals surface area contributed by atoms with Crippen LogP contribution in [0.25, 0.3) is 0 Å². The van der Waals surface area contributed by atoms with Crippen molar-refractivity contribution in [3.63, 3.8) is 0 Å².